The van der Waals surface area contributed by atoms with Gasteiger partial charge in [0.1, 0.15) is 5.76 Å². The molecular weight excluding hydrogens is 244 g/mol. The minimum Gasteiger partial charge on any atom is -0.453 e. The van der Waals surface area contributed by atoms with Crippen molar-refractivity contribution in [3.63, 3.8) is 0 Å². The van der Waals surface area contributed by atoms with Crippen LogP contribution in [-0.4, -0.2) is 17.9 Å². The fraction of sp³-hybridized carbons (Fsp3) is 0.267. The lowest BCUT2D eigenvalue weighted by Gasteiger charge is -2.27. The average Bonchev–Trinajstić information content (AvgIpc) is 2.94. The lowest BCUT2D eigenvalue weighted by atomic mass is 10.1. The van der Waals surface area contributed by atoms with Gasteiger partial charge in [0.25, 0.3) is 0 Å². The van der Waals surface area contributed by atoms with Crippen molar-refractivity contribution < 1.29 is 19.0 Å². The van der Waals surface area contributed by atoms with Crippen LogP contribution in [-0.2, 0) is 19.0 Å². The van der Waals surface area contributed by atoms with Gasteiger partial charge < -0.3 is 14.2 Å². The SMILES string of the molecule is CC#CC#C/C=C1/C=CC2(OC=C[C@H]2OC(C)=O)O1. The van der Waals surface area contributed by atoms with Crippen LogP contribution in [0, 0.1) is 23.7 Å². The molecule has 2 aliphatic heterocycles. The molecule has 4 heteroatoms. The Morgan fingerprint density at radius 1 is 1.53 bits per heavy atom. The maximum Gasteiger partial charge on any atom is 0.312 e. The van der Waals surface area contributed by atoms with Crippen LogP contribution >= 0.6 is 0 Å². The van der Waals surface area contributed by atoms with Crippen molar-refractivity contribution in [3.05, 3.63) is 36.3 Å². The van der Waals surface area contributed by atoms with E-state index >= 15 is 0 Å². The van der Waals surface area contributed by atoms with Gasteiger partial charge in [-0.3, -0.25) is 4.79 Å². The maximum atomic E-state index is 11.0. The Labute approximate surface area is 111 Å². The number of allylic oxidation sites excluding steroid dienone is 2. The summed E-state index contributed by atoms with van der Waals surface area (Å²) in [5, 5.41) is 0. The summed E-state index contributed by atoms with van der Waals surface area (Å²) in [4.78, 5) is 11.0. The van der Waals surface area contributed by atoms with Crippen molar-refractivity contribution in [3.8, 4) is 23.7 Å². The molecule has 0 amide bonds. The molecule has 0 radical (unpaired) electrons. The van der Waals surface area contributed by atoms with Gasteiger partial charge in [-0.25, -0.2) is 0 Å². The molecule has 0 saturated heterocycles. The van der Waals surface area contributed by atoms with Crippen molar-refractivity contribution in [2.45, 2.75) is 25.7 Å². The van der Waals surface area contributed by atoms with E-state index in [0.717, 1.165) is 0 Å². The van der Waals surface area contributed by atoms with Crippen LogP contribution < -0.4 is 0 Å². The molecule has 96 valence electrons. The van der Waals surface area contributed by atoms with Gasteiger partial charge in [-0.1, -0.05) is 11.8 Å². The van der Waals surface area contributed by atoms with Gasteiger partial charge in [0.05, 0.1) is 6.26 Å². The smallest absolute Gasteiger partial charge is 0.312 e. The number of hydrogen-bond donors (Lipinski definition) is 0. The first-order valence-corrected chi connectivity index (χ1v) is 5.69. The Balaban J connectivity index is 2.09. The second-order valence-corrected chi connectivity index (χ2v) is 3.82. The fourth-order valence-corrected chi connectivity index (χ4v) is 1.67. The van der Waals surface area contributed by atoms with Crippen molar-refractivity contribution in [1.82, 2.24) is 0 Å². The van der Waals surface area contributed by atoms with Gasteiger partial charge in [0, 0.05) is 19.1 Å². The van der Waals surface area contributed by atoms with Crippen LogP contribution in [0.1, 0.15) is 13.8 Å². The highest BCUT2D eigenvalue weighted by atomic mass is 16.7. The minimum absolute atomic E-state index is 0.396. The molecule has 0 aromatic heterocycles. The van der Waals surface area contributed by atoms with Gasteiger partial charge in [-0.15, -0.1) is 0 Å². The normalized spacial score (nSPS) is 28.1. The number of esters is 1. The topological polar surface area (TPSA) is 44.8 Å². The molecule has 0 aliphatic carbocycles. The van der Waals surface area contributed by atoms with E-state index in [-0.39, 0.29) is 0 Å². The van der Waals surface area contributed by atoms with Gasteiger partial charge in [-0.2, -0.15) is 0 Å². The Hall–Kier alpha value is -2.59. The number of ether oxygens (including phenoxy) is 3. The quantitative estimate of drug-likeness (QED) is 0.528. The minimum atomic E-state index is -1.10. The third-order valence-electron chi connectivity index (χ3n) is 2.43. The van der Waals surface area contributed by atoms with E-state index in [2.05, 4.69) is 23.7 Å². The number of hydrogen-bond acceptors (Lipinski definition) is 4. The molecule has 2 heterocycles. The molecule has 0 aromatic carbocycles. The first-order valence-electron chi connectivity index (χ1n) is 5.69. The van der Waals surface area contributed by atoms with Crippen LogP contribution in [0.3, 0.4) is 0 Å². The highest BCUT2D eigenvalue weighted by Gasteiger charge is 2.48. The molecule has 1 unspecified atom stereocenters. The first kappa shape index (κ1) is 12.9. The molecule has 0 aromatic rings. The summed E-state index contributed by atoms with van der Waals surface area (Å²) in [6.45, 7) is 3.05. The Bertz CT molecular complexity index is 589. The zero-order valence-electron chi connectivity index (χ0n) is 10.6. The summed E-state index contributed by atoms with van der Waals surface area (Å²) in [7, 11) is 0. The molecule has 2 rings (SSSR count). The van der Waals surface area contributed by atoms with E-state index in [0.29, 0.717) is 5.76 Å². The zero-order valence-corrected chi connectivity index (χ0v) is 10.6. The molecule has 2 aliphatic rings. The van der Waals surface area contributed by atoms with E-state index in [9.17, 15) is 4.79 Å². The Morgan fingerprint density at radius 2 is 2.37 bits per heavy atom. The van der Waals surface area contributed by atoms with Crippen molar-refractivity contribution in [1.29, 1.82) is 0 Å². The largest absolute Gasteiger partial charge is 0.453 e. The first-order chi connectivity index (χ1) is 9.16. The second kappa shape index (κ2) is 5.37. The summed E-state index contributed by atoms with van der Waals surface area (Å²) in [6.07, 6.45) is 7.48. The summed E-state index contributed by atoms with van der Waals surface area (Å²) in [5.41, 5.74) is 0. The summed E-state index contributed by atoms with van der Waals surface area (Å²) < 4.78 is 16.2. The standard InChI is InChI=1S/C15H12O4/c1-3-4-5-6-7-13-8-10-15(19-13)14(9-11-17-15)18-12(2)16/h7-11,14H,1-2H3/b13-7-/t14-,15?/m1/s1. The third kappa shape index (κ3) is 2.81. The van der Waals surface area contributed by atoms with E-state index in [1.807, 2.05) is 0 Å². The number of carbonyl (C=O) groups excluding carboxylic acids is 1. The van der Waals surface area contributed by atoms with Gasteiger partial charge >= 0.3 is 11.8 Å². The van der Waals surface area contributed by atoms with Crippen molar-refractivity contribution in [2.75, 3.05) is 0 Å². The lowest BCUT2D eigenvalue weighted by Crippen LogP contribution is -2.40. The third-order valence-corrected chi connectivity index (χ3v) is 2.43. The average molecular weight is 256 g/mol. The molecule has 0 bridgehead atoms. The predicted molar refractivity (Wildman–Crippen MR) is 68.0 cm³/mol. The highest BCUT2D eigenvalue weighted by molar-refractivity contribution is 5.66. The second-order valence-electron chi connectivity index (χ2n) is 3.82. The highest BCUT2D eigenvalue weighted by Crippen LogP contribution is 2.36. The van der Waals surface area contributed by atoms with Gasteiger partial charge in [0.15, 0.2) is 0 Å². The molecular formula is C15H12O4. The summed E-state index contributed by atoms with van der Waals surface area (Å²) in [5.74, 6) is 9.71. The molecule has 4 nitrogen and oxygen atoms in total. The van der Waals surface area contributed by atoms with E-state index in [1.165, 1.54) is 13.2 Å². The molecule has 2 atom stereocenters. The van der Waals surface area contributed by atoms with Crippen LogP contribution in [0.25, 0.3) is 0 Å². The van der Waals surface area contributed by atoms with Crippen molar-refractivity contribution in [2.24, 2.45) is 0 Å². The summed E-state index contributed by atoms with van der Waals surface area (Å²) >= 11 is 0. The number of rotatable bonds is 1. The molecule has 0 saturated carbocycles. The Morgan fingerprint density at radius 3 is 3.11 bits per heavy atom. The predicted octanol–water partition coefficient (Wildman–Crippen LogP) is 1.66. The molecule has 0 N–H and O–H groups in total. The fourth-order valence-electron chi connectivity index (χ4n) is 1.67. The number of carbonyl (C=O) groups is 1. The van der Waals surface area contributed by atoms with E-state index in [1.54, 1.807) is 31.2 Å². The van der Waals surface area contributed by atoms with Crippen LogP contribution in [0.5, 0.6) is 0 Å². The maximum absolute atomic E-state index is 11.0. The lowest BCUT2D eigenvalue weighted by molar-refractivity contribution is -0.189. The Kier molecular flexibility index (Phi) is 3.63. The van der Waals surface area contributed by atoms with Crippen LogP contribution in [0.4, 0.5) is 0 Å². The molecule has 0 fully saturated rings. The molecule has 19 heavy (non-hydrogen) atoms. The van der Waals surface area contributed by atoms with Gasteiger partial charge in [-0.05, 0) is 30.9 Å². The summed E-state index contributed by atoms with van der Waals surface area (Å²) in [6, 6.07) is 0. The molecule has 1 spiro atoms. The van der Waals surface area contributed by atoms with Crippen LogP contribution in [0.15, 0.2) is 36.3 Å². The van der Waals surface area contributed by atoms with Gasteiger partial charge in [0.2, 0.25) is 6.10 Å². The zero-order chi connectivity index (χ0) is 13.7. The van der Waals surface area contributed by atoms with E-state index in [4.69, 9.17) is 14.2 Å². The van der Waals surface area contributed by atoms with Crippen LogP contribution in [0.2, 0.25) is 0 Å². The monoisotopic (exact) mass is 256 g/mol. The van der Waals surface area contributed by atoms with E-state index < -0.39 is 17.9 Å². The van der Waals surface area contributed by atoms with Crippen molar-refractivity contribution >= 4 is 5.97 Å².